The van der Waals surface area contributed by atoms with Crippen molar-refractivity contribution < 1.29 is 19.2 Å². The molecular weight excluding hydrogens is 328 g/mol. The zero-order chi connectivity index (χ0) is 16.4. The number of fused-ring (bicyclic) bond motifs is 1. The summed E-state index contributed by atoms with van der Waals surface area (Å²) in [5.41, 5.74) is 0.363. The summed E-state index contributed by atoms with van der Waals surface area (Å²) in [6, 6.07) is 4.34. The quantitative estimate of drug-likeness (QED) is 0.673. The molecule has 10 heteroatoms. The maximum atomic E-state index is 12.0. The van der Waals surface area contributed by atoms with Crippen LogP contribution in [0.1, 0.15) is 0 Å². The molecule has 1 aliphatic heterocycles. The predicted octanol–water partition coefficient (Wildman–Crippen LogP) is 1.85. The van der Waals surface area contributed by atoms with Gasteiger partial charge in [0.25, 0.3) is 0 Å². The molecule has 0 spiro atoms. The molecule has 3 rings (SSSR count). The second-order valence-electron chi connectivity index (χ2n) is 4.65. The van der Waals surface area contributed by atoms with Crippen LogP contribution in [0.15, 0.2) is 24.4 Å². The highest BCUT2D eigenvalue weighted by Crippen LogP contribution is 2.37. The monoisotopic (exact) mass is 338 g/mol. The number of carbonyl (C=O) groups excluding carboxylic acids is 1. The zero-order valence-electron chi connectivity index (χ0n) is 11.7. The number of hydrogen-bond acceptors (Lipinski definition) is 6. The molecule has 2 heterocycles. The molecule has 23 heavy (non-hydrogen) atoms. The van der Waals surface area contributed by atoms with Crippen molar-refractivity contribution in [3.8, 4) is 11.5 Å². The topological polar surface area (TPSA) is 109 Å². The van der Waals surface area contributed by atoms with Crippen LogP contribution >= 0.6 is 11.6 Å². The van der Waals surface area contributed by atoms with E-state index in [-0.39, 0.29) is 12.4 Å². The average Bonchev–Trinajstić information content (AvgIpc) is 2.96. The molecule has 0 bridgehead atoms. The fourth-order valence-electron chi connectivity index (χ4n) is 2.03. The molecule has 9 nitrogen and oxygen atoms in total. The summed E-state index contributed by atoms with van der Waals surface area (Å²) in [7, 11) is 0. The number of anilines is 1. The standard InChI is InChI=1S/C13H11ClN4O5/c14-8-5-10-11(23-4-3-22-10)6-9(8)15-13(19)7-17-2-1-12(16-17)18(20)21/h1-2,5-6H,3-4,7H2,(H,15,19). The number of nitrogens with zero attached hydrogens (tertiary/aromatic N) is 3. The van der Waals surface area contributed by atoms with Crippen molar-refractivity contribution in [2.24, 2.45) is 0 Å². The van der Waals surface area contributed by atoms with E-state index in [2.05, 4.69) is 10.4 Å². The predicted molar refractivity (Wildman–Crippen MR) is 80.0 cm³/mol. The Bertz CT molecular complexity index is 776. The first-order valence-electron chi connectivity index (χ1n) is 6.60. The summed E-state index contributed by atoms with van der Waals surface area (Å²) in [6.45, 7) is 0.671. The number of nitro groups is 1. The SMILES string of the molecule is O=C(Cn1ccc([N+](=O)[O-])n1)Nc1cc2c(cc1Cl)OCCO2. The van der Waals surface area contributed by atoms with Crippen molar-refractivity contribution in [1.82, 2.24) is 9.78 Å². The van der Waals surface area contributed by atoms with Gasteiger partial charge in [-0.1, -0.05) is 11.6 Å². The van der Waals surface area contributed by atoms with Crippen LogP contribution in [0.3, 0.4) is 0 Å². The number of aromatic nitrogens is 2. The minimum absolute atomic E-state index is 0.182. The third kappa shape index (κ3) is 3.34. The van der Waals surface area contributed by atoms with Gasteiger partial charge >= 0.3 is 5.82 Å². The van der Waals surface area contributed by atoms with E-state index in [1.165, 1.54) is 16.9 Å². The number of ether oxygens (including phenoxy) is 2. The Labute approximate surface area is 134 Å². The summed E-state index contributed by atoms with van der Waals surface area (Å²) in [5, 5.41) is 17.1. The molecule has 0 fully saturated rings. The van der Waals surface area contributed by atoms with Gasteiger partial charge in [-0.25, -0.2) is 0 Å². The van der Waals surface area contributed by atoms with Crippen LogP contribution in [0.25, 0.3) is 0 Å². The van der Waals surface area contributed by atoms with Gasteiger partial charge in [0.1, 0.15) is 19.8 Å². The van der Waals surface area contributed by atoms with E-state index in [0.29, 0.717) is 35.4 Å². The van der Waals surface area contributed by atoms with Crippen LogP contribution in [0.5, 0.6) is 11.5 Å². The van der Waals surface area contributed by atoms with Crippen molar-refractivity contribution in [3.05, 3.63) is 39.5 Å². The van der Waals surface area contributed by atoms with Gasteiger partial charge in [0.2, 0.25) is 5.91 Å². The molecule has 0 aliphatic carbocycles. The van der Waals surface area contributed by atoms with Gasteiger partial charge in [-0.15, -0.1) is 0 Å². The van der Waals surface area contributed by atoms with Gasteiger partial charge in [0.05, 0.1) is 28.1 Å². The van der Waals surface area contributed by atoms with Crippen molar-refractivity contribution in [2.75, 3.05) is 18.5 Å². The lowest BCUT2D eigenvalue weighted by Crippen LogP contribution is -2.20. The Morgan fingerprint density at radius 2 is 2.09 bits per heavy atom. The van der Waals surface area contributed by atoms with E-state index in [1.54, 1.807) is 12.1 Å². The lowest BCUT2D eigenvalue weighted by Gasteiger charge is -2.19. The van der Waals surface area contributed by atoms with Crippen LogP contribution < -0.4 is 14.8 Å². The number of amides is 1. The molecule has 1 amide bonds. The van der Waals surface area contributed by atoms with Crippen LogP contribution in [-0.2, 0) is 11.3 Å². The maximum Gasteiger partial charge on any atom is 0.389 e. The Morgan fingerprint density at radius 3 is 2.74 bits per heavy atom. The molecule has 1 aromatic heterocycles. The summed E-state index contributed by atoms with van der Waals surface area (Å²) in [6.07, 6.45) is 1.35. The molecule has 1 N–H and O–H groups in total. The zero-order valence-corrected chi connectivity index (χ0v) is 12.4. The van der Waals surface area contributed by atoms with Gasteiger partial charge in [-0.2, -0.15) is 4.68 Å². The molecule has 0 atom stereocenters. The largest absolute Gasteiger partial charge is 0.486 e. The third-order valence-electron chi connectivity index (χ3n) is 3.03. The van der Waals surface area contributed by atoms with Gasteiger partial charge in [0.15, 0.2) is 11.5 Å². The van der Waals surface area contributed by atoms with Crippen molar-refractivity contribution in [3.63, 3.8) is 0 Å². The molecule has 0 saturated carbocycles. The number of carbonyl (C=O) groups is 1. The minimum Gasteiger partial charge on any atom is -0.486 e. The summed E-state index contributed by atoms with van der Waals surface area (Å²) < 4.78 is 12.0. The highest BCUT2D eigenvalue weighted by atomic mass is 35.5. The van der Waals surface area contributed by atoms with Gasteiger partial charge in [-0.3, -0.25) is 4.79 Å². The second-order valence-corrected chi connectivity index (χ2v) is 5.06. The third-order valence-corrected chi connectivity index (χ3v) is 3.34. The number of hydrogen-bond donors (Lipinski definition) is 1. The first-order valence-corrected chi connectivity index (χ1v) is 6.97. The Hall–Kier alpha value is -2.81. The van der Waals surface area contributed by atoms with E-state index < -0.39 is 10.8 Å². The van der Waals surface area contributed by atoms with Crippen molar-refractivity contribution >= 4 is 29.0 Å². The Morgan fingerprint density at radius 1 is 1.39 bits per heavy atom. The lowest BCUT2D eigenvalue weighted by molar-refractivity contribution is -0.389. The average molecular weight is 339 g/mol. The van der Waals surface area contributed by atoms with Crippen molar-refractivity contribution in [1.29, 1.82) is 0 Å². The first kappa shape index (κ1) is 15.1. The van der Waals surface area contributed by atoms with Crippen LogP contribution in [0.2, 0.25) is 5.02 Å². The van der Waals surface area contributed by atoms with E-state index in [4.69, 9.17) is 21.1 Å². The molecule has 2 aromatic rings. The first-order chi connectivity index (χ1) is 11.0. The van der Waals surface area contributed by atoms with E-state index in [0.717, 1.165) is 0 Å². The fraction of sp³-hybridized carbons (Fsp3) is 0.231. The number of benzene rings is 1. The van der Waals surface area contributed by atoms with E-state index in [9.17, 15) is 14.9 Å². The van der Waals surface area contributed by atoms with Gasteiger partial charge in [-0.05, 0) is 4.92 Å². The molecular formula is C13H11ClN4O5. The summed E-state index contributed by atoms with van der Waals surface area (Å²) in [4.78, 5) is 21.9. The van der Waals surface area contributed by atoms with E-state index in [1.807, 2.05) is 0 Å². The van der Waals surface area contributed by atoms with Crippen LogP contribution in [-0.4, -0.2) is 33.8 Å². The highest BCUT2D eigenvalue weighted by Gasteiger charge is 2.18. The van der Waals surface area contributed by atoms with Crippen LogP contribution in [0.4, 0.5) is 11.5 Å². The van der Waals surface area contributed by atoms with Gasteiger partial charge in [0, 0.05) is 12.1 Å². The smallest absolute Gasteiger partial charge is 0.389 e. The van der Waals surface area contributed by atoms with Crippen molar-refractivity contribution in [2.45, 2.75) is 6.54 Å². The van der Waals surface area contributed by atoms with Crippen LogP contribution in [0, 0.1) is 10.1 Å². The molecule has 0 saturated heterocycles. The fourth-order valence-corrected chi connectivity index (χ4v) is 2.23. The van der Waals surface area contributed by atoms with Gasteiger partial charge < -0.3 is 24.9 Å². The maximum absolute atomic E-state index is 12.0. The second kappa shape index (κ2) is 6.13. The highest BCUT2D eigenvalue weighted by molar-refractivity contribution is 6.34. The number of halogens is 1. The minimum atomic E-state index is -0.633. The Kier molecular flexibility index (Phi) is 4.02. The normalized spacial score (nSPS) is 12.7. The molecule has 1 aliphatic rings. The molecule has 0 unspecified atom stereocenters. The molecule has 0 radical (unpaired) electrons. The number of rotatable bonds is 4. The summed E-state index contributed by atoms with van der Waals surface area (Å²) in [5.74, 6) is 0.254. The van der Waals surface area contributed by atoms with E-state index >= 15 is 0 Å². The Balaban J connectivity index is 1.71. The summed E-state index contributed by atoms with van der Waals surface area (Å²) >= 11 is 6.09. The number of nitrogens with one attached hydrogen (secondary N) is 1. The molecule has 1 aromatic carbocycles. The lowest BCUT2D eigenvalue weighted by atomic mass is 10.2. The molecule has 120 valence electrons.